The van der Waals surface area contributed by atoms with Crippen LogP contribution in [0.4, 0.5) is 17.1 Å². The third kappa shape index (κ3) is 6.38. The fourth-order valence-electron chi connectivity index (χ4n) is 14.4. The van der Waals surface area contributed by atoms with Crippen molar-refractivity contribution in [1.29, 1.82) is 0 Å². The zero-order chi connectivity index (χ0) is 52.3. The lowest BCUT2D eigenvalue weighted by Crippen LogP contribution is -2.27. The van der Waals surface area contributed by atoms with Crippen molar-refractivity contribution < 1.29 is 0 Å². The number of benzene rings is 10. The Labute approximate surface area is 450 Å². The summed E-state index contributed by atoms with van der Waals surface area (Å²) in [5, 5.41) is 0. The lowest BCUT2D eigenvalue weighted by molar-refractivity contribution is 0.586. The molecule has 0 N–H and O–H groups in total. The Morgan fingerprint density at radius 1 is 0.303 bits per heavy atom. The van der Waals surface area contributed by atoms with Gasteiger partial charge in [0.15, 0.2) is 0 Å². The van der Waals surface area contributed by atoms with Crippen molar-refractivity contribution in [3.8, 4) is 66.8 Å². The molecule has 76 heavy (non-hydrogen) atoms. The van der Waals surface area contributed by atoms with Crippen molar-refractivity contribution in [1.82, 2.24) is 0 Å². The Bertz CT molecular complexity index is 4000. The molecule has 4 aliphatic rings. The summed E-state index contributed by atoms with van der Waals surface area (Å²) in [6, 6.07) is 81.9. The fourth-order valence-corrected chi connectivity index (χ4v) is 14.4. The molecule has 0 amide bonds. The van der Waals surface area contributed by atoms with E-state index in [-0.39, 0.29) is 21.7 Å². The first-order valence-corrected chi connectivity index (χ1v) is 27.5. The van der Waals surface area contributed by atoms with Crippen LogP contribution in [-0.2, 0) is 27.1 Å². The van der Waals surface area contributed by atoms with Crippen LogP contribution in [0.3, 0.4) is 0 Å². The van der Waals surface area contributed by atoms with Gasteiger partial charge in [-0.1, -0.05) is 251 Å². The molecule has 4 aliphatic carbocycles. The van der Waals surface area contributed by atoms with Crippen molar-refractivity contribution in [2.24, 2.45) is 0 Å². The van der Waals surface area contributed by atoms with Gasteiger partial charge in [-0.15, -0.1) is 0 Å². The molecule has 370 valence electrons. The van der Waals surface area contributed by atoms with Crippen molar-refractivity contribution in [2.75, 3.05) is 4.90 Å². The molecule has 1 spiro atoms. The third-order valence-corrected chi connectivity index (χ3v) is 18.2. The zero-order valence-electron chi connectivity index (χ0n) is 45.7. The van der Waals surface area contributed by atoms with Crippen LogP contribution in [0.1, 0.15) is 125 Å². The molecular weight excluding hydrogens is 915 g/mol. The maximum absolute atomic E-state index is 2.55. The average Bonchev–Trinajstić information content (AvgIpc) is 4.28. The van der Waals surface area contributed by atoms with Gasteiger partial charge in [-0.2, -0.15) is 0 Å². The van der Waals surface area contributed by atoms with Crippen LogP contribution in [0, 0.1) is 0 Å². The van der Waals surface area contributed by atoms with Gasteiger partial charge in [-0.25, -0.2) is 0 Å². The van der Waals surface area contributed by atoms with E-state index in [9.17, 15) is 0 Å². The van der Waals surface area contributed by atoms with Crippen molar-refractivity contribution in [3.05, 3.63) is 268 Å². The van der Waals surface area contributed by atoms with E-state index in [0.717, 1.165) is 17.1 Å². The molecule has 14 rings (SSSR count). The summed E-state index contributed by atoms with van der Waals surface area (Å²) in [4.78, 5) is 2.54. The normalized spacial score (nSPS) is 15.3. The van der Waals surface area contributed by atoms with Crippen LogP contribution >= 0.6 is 0 Å². The van der Waals surface area contributed by atoms with Gasteiger partial charge in [-0.3, -0.25) is 0 Å². The summed E-state index contributed by atoms with van der Waals surface area (Å²) in [7, 11) is 0. The minimum absolute atomic E-state index is 0.0196. The second kappa shape index (κ2) is 16.0. The monoisotopic (exact) mass is 980 g/mol. The molecule has 0 unspecified atom stereocenters. The minimum Gasteiger partial charge on any atom is -0.310 e. The van der Waals surface area contributed by atoms with E-state index in [4.69, 9.17) is 0 Å². The number of anilines is 3. The van der Waals surface area contributed by atoms with Gasteiger partial charge in [0.2, 0.25) is 0 Å². The van der Waals surface area contributed by atoms with Gasteiger partial charge >= 0.3 is 0 Å². The summed E-state index contributed by atoms with van der Waals surface area (Å²) in [5.41, 5.74) is 31.9. The summed E-state index contributed by atoms with van der Waals surface area (Å²) >= 11 is 0. The van der Waals surface area contributed by atoms with E-state index in [1.54, 1.807) is 0 Å². The van der Waals surface area contributed by atoms with Gasteiger partial charge in [0, 0.05) is 27.8 Å². The first-order chi connectivity index (χ1) is 36.5. The number of para-hydroxylation sites is 1. The number of fused-ring (bicyclic) bond motifs is 16. The predicted octanol–water partition coefficient (Wildman–Crippen LogP) is 20.0. The molecule has 0 saturated heterocycles. The molecule has 1 nitrogen and oxygen atoms in total. The van der Waals surface area contributed by atoms with E-state index in [1.165, 1.54) is 122 Å². The highest BCUT2D eigenvalue weighted by molar-refractivity contribution is 6.01. The maximum atomic E-state index is 2.55. The number of rotatable bonds is 5. The van der Waals surface area contributed by atoms with Gasteiger partial charge in [-0.05, 0) is 158 Å². The molecule has 0 heterocycles. The van der Waals surface area contributed by atoms with Crippen LogP contribution < -0.4 is 4.90 Å². The number of nitrogens with zero attached hydrogens (tertiary/aromatic N) is 1. The SMILES string of the molecule is CC(C)(C)c1ccc2c(c1)C1(c3ccccc3-c3cc(N(c4ccc(-c5cccc6c5C(C)(C)c5ccccc5-6)cc4)c4ccccc4-c4cccc5c4-c4ccccc4C5(C)C)ccc31)c1cc(C(C)(C)C)ccc1-2. The highest BCUT2D eigenvalue weighted by Gasteiger charge is 2.52. The molecule has 0 atom stereocenters. The van der Waals surface area contributed by atoms with Crippen LogP contribution in [-0.4, -0.2) is 0 Å². The largest absolute Gasteiger partial charge is 0.310 e. The Hall–Kier alpha value is -8.00. The second-order valence-electron chi connectivity index (χ2n) is 25.2. The molecule has 0 fully saturated rings. The molecule has 0 radical (unpaired) electrons. The van der Waals surface area contributed by atoms with Gasteiger partial charge < -0.3 is 4.90 Å². The van der Waals surface area contributed by atoms with E-state index >= 15 is 0 Å². The third-order valence-electron chi connectivity index (χ3n) is 18.2. The molecule has 10 aromatic carbocycles. The van der Waals surface area contributed by atoms with Gasteiger partial charge in [0.1, 0.15) is 0 Å². The maximum Gasteiger partial charge on any atom is 0.0725 e. The molecule has 0 aromatic heterocycles. The highest BCUT2D eigenvalue weighted by Crippen LogP contribution is 2.65. The molecule has 1 heteroatoms. The van der Waals surface area contributed by atoms with Crippen molar-refractivity contribution in [2.45, 2.75) is 96.3 Å². The Kier molecular flexibility index (Phi) is 9.80. The first-order valence-electron chi connectivity index (χ1n) is 27.5. The summed E-state index contributed by atoms with van der Waals surface area (Å²) < 4.78 is 0. The van der Waals surface area contributed by atoms with Crippen LogP contribution in [0.2, 0.25) is 0 Å². The van der Waals surface area contributed by atoms with E-state index in [1.807, 2.05) is 0 Å². The Morgan fingerprint density at radius 2 is 0.763 bits per heavy atom. The van der Waals surface area contributed by atoms with E-state index in [0.29, 0.717) is 0 Å². The second-order valence-corrected chi connectivity index (χ2v) is 25.2. The molecule has 0 bridgehead atoms. The molecule has 10 aromatic rings. The van der Waals surface area contributed by atoms with Crippen LogP contribution in [0.15, 0.2) is 212 Å². The quantitative estimate of drug-likeness (QED) is 0.166. The Morgan fingerprint density at radius 3 is 1.41 bits per heavy atom. The molecular formula is C75H65N. The molecule has 0 aliphatic heterocycles. The average molecular weight is 980 g/mol. The standard InChI is InChI=1S/C75H65N/c1-71(2,3)47-35-40-54-55-41-36-48(72(4,5)6)44-67(55)75(66(54)43-47)63-30-17-12-22-53(63)60-45-50(39-42-64(60)75)76(49-37-33-46(34-38-49)51-25-19-27-58-52-21-11-15-28-61(52)74(9,10)70(51)58)68-32-18-14-23-56(68)57-26-20-31-65-69(57)59-24-13-16-29-62(59)73(65,7)8/h11-45H,1-10H3. The van der Waals surface area contributed by atoms with E-state index < -0.39 is 5.41 Å². The van der Waals surface area contributed by atoms with Crippen LogP contribution in [0.25, 0.3) is 66.8 Å². The first kappa shape index (κ1) is 46.5. The lowest BCUT2D eigenvalue weighted by atomic mass is 9.69. The Balaban J connectivity index is 1.00. The fraction of sp³-hybridized carbons (Fsp3) is 0.200. The summed E-state index contributed by atoms with van der Waals surface area (Å²) in [5.74, 6) is 0. The van der Waals surface area contributed by atoms with Crippen LogP contribution in [0.5, 0.6) is 0 Å². The van der Waals surface area contributed by atoms with Gasteiger partial charge in [0.05, 0.1) is 11.1 Å². The summed E-state index contributed by atoms with van der Waals surface area (Å²) in [6.07, 6.45) is 0. The minimum atomic E-state index is -0.490. The lowest BCUT2D eigenvalue weighted by Gasteiger charge is -2.33. The zero-order valence-corrected chi connectivity index (χ0v) is 45.7. The van der Waals surface area contributed by atoms with Crippen molar-refractivity contribution >= 4 is 17.1 Å². The summed E-state index contributed by atoms with van der Waals surface area (Å²) in [6.45, 7) is 23.6. The van der Waals surface area contributed by atoms with Gasteiger partial charge in [0.25, 0.3) is 0 Å². The predicted molar refractivity (Wildman–Crippen MR) is 321 cm³/mol. The van der Waals surface area contributed by atoms with E-state index in [2.05, 4.69) is 286 Å². The molecule has 0 saturated carbocycles. The highest BCUT2D eigenvalue weighted by atomic mass is 15.1. The van der Waals surface area contributed by atoms with Crippen molar-refractivity contribution in [3.63, 3.8) is 0 Å². The topological polar surface area (TPSA) is 3.24 Å². The smallest absolute Gasteiger partial charge is 0.0725 e. The number of hydrogen-bond acceptors (Lipinski definition) is 1. The number of hydrogen-bond donors (Lipinski definition) is 0.